The fourth-order valence-electron chi connectivity index (χ4n) is 7.35. The minimum atomic E-state index is -0.852. The third-order valence-electron chi connectivity index (χ3n) is 10.5. The van der Waals surface area contributed by atoms with Crippen molar-refractivity contribution in [2.75, 3.05) is 6.61 Å². The number of hydrogen-bond acceptors (Lipinski definition) is 6. The van der Waals surface area contributed by atoms with Crippen LogP contribution in [0, 0.1) is 6.92 Å². The summed E-state index contributed by atoms with van der Waals surface area (Å²) in [6.45, 7) is 4.19. The van der Waals surface area contributed by atoms with Gasteiger partial charge in [-0.25, -0.2) is 0 Å². The van der Waals surface area contributed by atoms with E-state index < -0.39 is 18.2 Å². The van der Waals surface area contributed by atoms with E-state index in [1.165, 1.54) is 0 Å². The minimum Gasteiger partial charge on any atom is -0.489 e. The highest BCUT2D eigenvalue weighted by Gasteiger charge is 2.43. The van der Waals surface area contributed by atoms with E-state index >= 15 is 0 Å². The van der Waals surface area contributed by atoms with Gasteiger partial charge in [0.2, 0.25) is 0 Å². The molecule has 7 nitrogen and oxygen atoms in total. The average molecular weight is 789 g/mol. The van der Waals surface area contributed by atoms with Gasteiger partial charge in [-0.2, -0.15) is 0 Å². The number of aliphatic carboxylic acids is 1. The van der Waals surface area contributed by atoms with Crippen LogP contribution >= 0.6 is 0 Å². The zero-order chi connectivity index (χ0) is 40.7. The highest BCUT2D eigenvalue weighted by atomic mass is 16.6. The number of rotatable bonds is 19. The molecule has 1 aliphatic heterocycles. The number of hydrogen-bond donors (Lipinski definition) is 1. The van der Waals surface area contributed by atoms with Crippen LogP contribution in [0.3, 0.4) is 0 Å². The first kappa shape index (κ1) is 41.3. The van der Waals surface area contributed by atoms with Gasteiger partial charge in [-0.3, -0.25) is 4.79 Å². The molecule has 302 valence electrons. The molecule has 59 heavy (non-hydrogen) atoms. The summed E-state index contributed by atoms with van der Waals surface area (Å²) in [4.78, 5) is 11.0. The van der Waals surface area contributed by atoms with E-state index in [4.69, 9.17) is 28.8 Å². The lowest BCUT2D eigenvalue weighted by Crippen LogP contribution is -2.47. The Kier molecular flexibility index (Phi) is 14.9. The molecular formula is C52H52O7. The van der Waals surface area contributed by atoms with Crippen LogP contribution in [0.5, 0.6) is 5.75 Å². The summed E-state index contributed by atoms with van der Waals surface area (Å²) in [6.07, 6.45) is 3.12. The molecule has 1 aliphatic rings. The van der Waals surface area contributed by atoms with Gasteiger partial charge in [-0.15, -0.1) is 0 Å². The average Bonchev–Trinajstić information content (AvgIpc) is 3.27. The predicted molar refractivity (Wildman–Crippen MR) is 231 cm³/mol. The van der Waals surface area contributed by atoms with E-state index in [1.807, 2.05) is 91.0 Å². The van der Waals surface area contributed by atoms with Gasteiger partial charge >= 0.3 is 5.97 Å². The Balaban J connectivity index is 1.24. The Hall–Kier alpha value is -5.83. The number of ether oxygens (including phenoxy) is 5. The zero-order valence-corrected chi connectivity index (χ0v) is 33.5. The maximum absolute atomic E-state index is 11.0. The molecule has 0 amide bonds. The maximum Gasteiger partial charge on any atom is 0.307 e. The summed E-state index contributed by atoms with van der Waals surface area (Å²) >= 11 is 0. The van der Waals surface area contributed by atoms with E-state index in [-0.39, 0.29) is 18.6 Å². The largest absolute Gasteiger partial charge is 0.489 e. The summed E-state index contributed by atoms with van der Waals surface area (Å²) < 4.78 is 34.0. The van der Waals surface area contributed by atoms with Gasteiger partial charge < -0.3 is 28.8 Å². The molecule has 6 aromatic carbocycles. The second-order valence-corrected chi connectivity index (χ2v) is 15.0. The number of aryl methyl sites for hydroxylation is 1. The lowest BCUT2D eigenvalue weighted by Gasteiger charge is -2.42. The molecule has 0 radical (unpaired) electrons. The van der Waals surface area contributed by atoms with Crippen molar-refractivity contribution in [3.63, 3.8) is 0 Å². The molecule has 0 bridgehead atoms. The van der Waals surface area contributed by atoms with E-state index in [0.717, 1.165) is 55.8 Å². The van der Waals surface area contributed by atoms with Crippen molar-refractivity contribution in [3.8, 4) is 5.75 Å². The molecule has 1 heterocycles. The third-order valence-corrected chi connectivity index (χ3v) is 10.5. The first-order valence-electron chi connectivity index (χ1n) is 20.3. The van der Waals surface area contributed by atoms with Gasteiger partial charge in [0.25, 0.3) is 0 Å². The molecule has 0 aliphatic carbocycles. The Labute approximate surface area is 347 Å². The van der Waals surface area contributed by atoms with Gasteiger partial charge in [0.05, 0.1) is 45.1 Å². The summed E-state index contributed by atoms with van der Waals surface area (Å²) in [5.41, 5.74) is 9.53. The van der Waals surface area contributed by atoms with Crippen molar-refractivity contribution in [2.45, 2.75) is 77.0 Å². The lowest BCUT2D eigenvalue weighted by atomic mass is 9.89. The molecule has 6 aromatic rings. The second kappa shape index (κ2) is 21.3. The number of benzene rings is 6. The molecule has 7 rings (SSSR count). The molecule has 0 aromatic heterocycles. The first-order valence-corrected chi connectivity index (χ1v) is 20.3. The van der Waals surface area contributed by atoms with Crippen molar-refractivity contribution in [1.29, 1.82) is 0 Å². The Morgan fingerprint density at radius 1 is 0.678 bits per heavy atom. The molecule has 0 spiro atoms. The highest BCUT2D eigenvalue weighted by molar-refractivity contribution is 5.70. The van der Waals surface area contributed by atoms with Gasteiger partial charge in [-0.1, -0.05) is 158 Å². The summed E-state index contributed by atoms with van der Waals surface area (Å²) in [7, 11) is 0. The fraction of sp³-hybridized carbons (Fsp3) is 0.250. The minimum absolute atomic E-state index is 0.0140. The number of carboxylic acid groups (broad SMARTS) is 1. The van der Waals surface area contributed by atoms with Crippen LogP contribution in [0.15, 0.2) is 164 Å². The molecular weight excluding hydrogens is 737 g/mol. The molecule has 1 saturated heterocycles. The van der Waals surface area contributed by atoms with E-state index in [0.29, 0.717) is 45.9 Å². The van der Waals surface area contributed by atoms with Gasteiger partial charge in [0.15, 0.2) is 0 Å². The van der Waals surface area contributed by atoms with Crippen LogP contribution in [-0.2, 0) is 56.6 Å². The topological polar surface area (TPSA) is 83.5 Å². The quantitative estimate of drug-likeness (QED) is 0.0875. The van der Waals surface area contributed by atoms with Gasteiger partial charge in [-0.05, 0) is 70.0 Å². The van der Waals surface area contributed by atoms with Gasteiger partial charge in [0, 0.05) is 12.0 Å². The molecule has 1 N–H and O–H groups in total. The number of carbonyl (C=O) groups is 1. The van der Waals surface area contributed by atoms with Crippen molar-refractivity contribution in [3.05, 3.63) is 214 Å². The molecule has 1 fully saturated rings. The Morgan fingerprint density at radius 2 is 1.24 bits per heavy atom. The van der Waals surface area contributed by atoms with Crippen LogP contribution in [0.2, 0.25) is 0 Å². The summed E-state index contributed by atoms with van der Waals surface area (Å²) in [5, 5.41) is 9.05. The highest BCUT2D eigenvalue weighted by Crippen LogP contribution is 2.42. The van der Waals surface area contributed by atoms with Crippen molar-refractivity contribution in [2.24, 2.45) is 0 Å². The molecule has 7 heteroatoms. The predicted octanol–water partition coefficient (Wildman–Crippen LogP) is 10.9. The summed E-state index contributed by atoms with van der Waals surface area (Å²) in [5.74, 6) is -0.116. The molecule has 0 unspecified atom stereocenters. The van der Waals surface area contributed by atoms with Crippen LogP contribution in [0.25, 0.3) is 6.08 Å². The van der Waals surface area contributed by atoms with Crippen molar-refractivity contribution < 1.29 is 33.6 Å². The van der Waals surface area contributed by atoms with Crippen LogP contribution in [0.4, 0.5) is 0 Å². The van der Waals surface area contributed by atoms with Crippen molar-refractivity contribution >= 4 is 12.0 Å². The second-order valence-electron chi connectivity index (χ2n) is 15.0. The van der Waals surface area contributed by atoms with Crippen LogP contribution < -0.4 is 4.74 Å². The fourth-order valence-corrected chi connectivity index (χ4v) is 7.35. The number of carboxylic acids is 1. The standard InChI is InChI=1S/C52H52O7/c1-38-29-48(56-34-42-17-8-3-9-18-42)47(31-45(38)30-40-27-25-39(26-28-40)23-14-24-50(53)54)51-52(58-36-44-21-12-5-13-22-44)49(57-35-43-19-10-4-11-20-43)32-46(59-51)37-55-33-41-15-6-2-7-16-41/h2-23,25-29,31,46,49,51-52H,24,30,32-37H2,1H3,(H,53,54)/b23-14+/t46-,49-,51-,52+/m0/s1. The normalized spacial score (nSPS) is 17.8. The molecule has 0 saturated carbocycles. The molecule has 4 atom stereocenters. The Morgan fingerprint density at radius 3 is 1.83 bits per heavy atom. The van der Waals surface area contributed by atoms with Crippen LogP contribution in [0.1, 0.15) is 69.0 Å². The first-order chi connectivity index (χ1) is 29.0. The van der Waals surface area contributed by atoms with Gasteiger partial charge in [0.1, 0.15) is 24.6 Å². The SMILES string of the molecule is Cc1cc(OCc2ccccc2)c([C@@H]2O[C@H](COCc3ccccc3)C[C@H](OCc3ccccc3)[C@H]2OCc2ccccc2)cc1Cc1ccc(/C=C/CC(=O)O)cc1. The van der Waals surface area contributed by atoms with Crippen LogP contribution in [-0.4, -0.2) is 36.0 Å². The Bertz CT molecular complexity index is 2210. The zero-order valence-electron chi connectivity index (χ0n) is 33.5. The van der Waals surface area contributed by atoms with Crippen molar-refractivity contribution in [1.82, 2.24) is 0 Å². The van der Waals surface area contributed by atoms with E-state index in [1.54, 1.807) is 6.08 Å². The van der Waals surface area contributed by atoms with E-state index in [2.05, 4.69) is 79.7 Å². The maximum atomic E-state index is 11.0. The lowest BCUT2D eigenvalue weighted by molar-refractivity contribution is -0.219. The summed E-state index contributed by atoms with van der Waals surface area (Å²) in [6, 6.07) is 53.4. The monoisotopic (exact) mass is 788 g/mol. The van der Waals surface area contributed by atoms with E-state index in [9.17, 15) is 4.79 Å². The third kappa shape index (κ3) is 12.3. The smallest absolute Gasteiger partial charge is 0.307 e.